The van der Waals surface area contributed by atoms with E-state index >= 15 is 0 Å². The number of furan rings is 1. The molecular weight excluding hydrogens is 414 g/mol. The Morgan fingerprint density at radius 1 is 1.09 bits per heavy atom. The molecule has 0 radical (unpaired) electrons. The average Bonchev–Trinajstić information content (AvgIpc) is 3.48. The van der Waals surface area contributed by atoms with Crippen molar-refractivity contribution in [2.75, 3.05) is 5.32 Å². The summed E-state index contributed by atoms with van der Waals surface area (Å²) in [7, 11) is 0. The summed E-state index contributed by atoms with van der Waals surface area (Å²) >= 11 is 0. The largest absolute Gasteiger partial charge is 0.467 e. The van der Waals surface area contributed by atoms with Crippen molar-refractivity contribution < 1.29 is 9.21 Å². The minimum Gasteiger partial charge on any atom is -0.467 e. The fourth-order valence-electron chi connectivity index (χ4n) is 4.62. The molecule has 4 heterocycles. The van der Waals surface area contributed by atoms with Crippen LogP contribution in [-0.4, -0.2) is 25.2 Å². The smallest absolute Gasteiger partial charge is 0.257 e. The van der Waals surface area contributed by atoms with E-state index < -0.39 is 0 Å². The van der Waals surface area contributed by atoms with Crippen molar-refractivity contribution in [3.8, 4) is 11.4 Å². The van der Waals surface area contributed by atoms with Crippen LogP contribution in [0.4, 0.5) is 5.69 Å². The molecule has 0 atom stereocenters. The SMILES string of the molecule is Cc1ccc(-c2nnc3n2CCCCC3)cc1NC(=O)c1cc(C)n(Cc2ccco2)c1C. The molecule has 0 spiro atoms. The van der Waals surface area contributed by atoms with E-state index in [1.807, 2.05) is 51.1 Å². The first-order valence-electron chi connectivity index (χ1n) is 11.5. The van der Waals surface area contributed by atoms with Gasteiger partial charge in [0.15, 0.2) is 5.82 Å². The summed E-state index contributed by atoms with van der Waals surface area (Å²) in [6, 6.07) is 11.9. The van der Waals surface area contributed by atoms with Crippen LogP contribution < -0.4 is 5.32 Å². The van der Waals surface area contributed by atoms with Crippen LogP contribution in [0.2, 0.25) is 0 Å². The molecule has 33 heavy (non-hydrogen) atoms. The topological polar surface area (TPSA) is 77.9 Å². The maximum absolute atomic E-state index is 13.3. The molecule has 1 aliphatic heterocycles. The zero-order chi connectivity index (χ0) is 22.9. The number of anilines is 1. The van der Waals surface area contributed by atoms with Gasteiger partial charge in [-0.1, -0.05) is 18.6 Å². The Hall–Kier alpha value is -3.61. The van der Waals surface area contributed by atoms with Crippen molar-refractivity contribution in [1.29, 1.82) is 0 Å². The van der Waals surface area contributed by atoms with E-state index in [1.165, 1.54) is 6.42 Å². The highest BCUT2D eigenvalue weighted by Gasteiger charge is 2.19. The number of aromatic nitrogens is 4. The Morgan fingerprint density at radius 3 is 2.79 bits per heavy atom. The second kappa shape index (κ2) is 8.73. The fourth-order valence-corrected chi connectivity index (χ4v) is 4.62. The van der Waals surface area contributed by atoms with Gasteiger partial charge in [0.25, 0.3) is 5.91 Å². The third-order valence-electron chi connectivity index (χ3n) is 6.57. The first kappa shape index (κ1) is 21.2. The van der Waals surface area contributed by atoms with Crippen LogP contribution in [0.3, 0.4) is 0 Å². The number of amides is 1. The molecule has 0 unspecified atom stereocenters. The summed E-state index contributed by atoms with van der Waals surface area (Å²) in [5, 5.41) is 12.0. The van der Waals surface area contributed by atoms with Crippen LogP contribution in [0, 0.1) is 20.8 Å². The predicted octanol–water partition coefficient (Wildman–Crippen LogP) is 5.29. The van der Waals surface area contributed by atoms with Crippen molar-refractivity contribution in [1.82, 2.24) is 19.3 Å². The van der Waals surface area contributed by atoms with Crippen molar-refractivity contribution >= 4 is 11.6 Å². The number of aryl methyl sites for hydroxylation is 3. The highest BCUT2D eigenvalue weighted by atomic mass is 16.3. The van der Waals surface area contributed by atoms with Crippen LogP contribution in [0.25, 0.3) is 11.4 Å². The molecule has 5 rings (SSSR count). The zero-order valence-corrected chi connectivity index (χ0v) is 19.4. The van der Waals surface area contributed by atoms with Gasteiger partial charge in [0.05, 0.1) is 18.4 Å². The van der Waals surface area contributed by atoms with Gasteiger partial charge in [-0.05, 0) is 63.4 Å². The Bertz CT molecular complexity index is 1300. The first-order chi connectivity index (χ1) is 16.0. The predicted molar refractivity (Wildman–Crippen MR) is 127 cm³/mol. The lowest BCUT2D eigenvalue weighted by Crippen LogP contribution is -2.14. The van der Waals surface area contributed by atoms with Gasteiger partial charge in [-0.25, -0.2) is 0 Å². The van der Waals surface area contributed by atoms with Gasteiger partial charge in [-0.15, -0.1) is 10.2 Å². The number of carbonyl (C=O) groups is 1. The third kappa shape index (κ3) is 4.11. The summed E-state index contributed by atoms with van der Waals surface area (Å²) in [6.45, 7) is 7.53. The first-order valence-corrected chi connectivity index (χ1v) is 11.5. The Morgan fingerprint density at radius 2 is 1.97 bits per heavy atom. The minimum atomic E-state index is -0.117. The Labute approximate surface area is 193 Å². The van der Waals surface area contributed by atoms with E-state index in [-0.39, 0.29) is 5.91 Å². The third-order valence-corrected chi connectivity index (χ3v) is 6.57. The lowest BCUT2D eigenvalue weighted by atomic mass is 10.1. The molecule has 1 aliphatic rings. The number of nitrogens with one attached hydrogen (secondary N) is 1. The summed E-state index contributed by atoms with van der Waals surface area (Å²) in [6.07, 6.45) is 6.15. The minimum absolute atomic E-state index is 0.117. The molecule has 0 bridgehead atoms. The molecule has 0 aliphatic carbocycles. The molecule has 170 valence electrons. The lowest BCUT2D eigenvalue weighted by molar-refractivity contribution is 0.102. The van der Waals surface area contributed by atoms with E-state index in [9.17, 15) is 4.79 Å². The van der Waals surface area contributed by atoms with E-state index in [4.69, 9.17) is 4.42 Å². The summed E-state index contributed by atoms with van der Waals surface area (Å²) in [5.41, 5.74) is 5.37. The summed E-state index contributed by atoms with van der Waals surface area (Å²) in [4.78, 5) is 13.3. The highest BCUT2D eigenvalue weighted by Crippen LogP contribution is 2.28. The molecule has 7 heteroatoms. The van der Waals surface area contributed by atoms with Gasteiger partial charge in [0.1, 0.15) is 11.6 Å². The quantitative estimate of drug-likeness (QED) is 0.454. The molecule has 0 saturated carbocycles. The van der Waals surface area contributed by atoms with Crippen LogP contribution in [0.5, 0.6) is 0 Å². The van der Waals surface area contributed by atoms with Crippen LogP contribution >= 0.6 is 0 Å². The van der Waals surface area contributed by atoms with E-state index in [0.29, 0.717) is 12.1 Å². The molecule has 7 nitrogen and oxygen atoms in total. The van der Waals surface area contributed by atoms with Gasteiger partial charge in [-0.2, -0.15) is 0 Å². The molecule has 1 aromatic carbocycles. The van der Waals surface area contributed by atoms with Gasteiger partial charge >= 0.3 is 0 Å². The Balaban J connectivity index is 1.41. The van der Waals surface area contributed by atoms with Crippen LogP contribution in [0.1, 0.15) is 58.2 Å². The van der Waals surface area contributed by atoms with Gasteiger partial charge < -0.3 is 18.9 Å². The maximum atomic E-state index is 13.3. The monoisotopic (exact) mass is 443 g/mol. The second-order valence-electron chi connectivity index (χ2n) is 8.84. The second-order valence-corrected chi connectivity index (χ2v) is 8.84. The molecule has 0 fully saturated rings. The number of nitrogens with zero attached hydrogens (tertiary/aromatic N) is 4. The van der Waals surface area contributed by atoms with Crippen molar-refractivity contribution in [3.63, 3.8) is 0 Å². The summed E-state index contributed by atoms with van der Waals surface area (Å²) in [5.74, 6) is 2.67. The molecule has 0 saturated heterocycles. The maximum Gasteiger partial charge on any atom is 0.257 e. The van der Waals surface area contributed by atoms with Crippen molar-refractivity contribution in [2.45, 2.75) is 59.5 Å². The molecule has 1 amide bonds. The summed E-state index contributed by atoms with van der Waals surface area (Å²) < 4.78 is 9.82. The van der Waals surface area contributed by atoms with Gasteiger partial charge in [0.2, 0.25) is 0 Å². The Kier molecular flexibility index (Phi) is 5.62. The standard InChI is InChI=1S/C26H29N5O2/c1-17-10-11-20(25-29-28-24-9-5-4-6-12-30(24)25)15-23(17)27-26(32)22-14-18(2)31(19(22)3)16-21-8-7-13-33-21/h7-8,10-11,13-15H,4-6,9,12,16H2,1-3H3,(H,27,32). The molecule has 4 aromatic rings. The van der Waals surface area contributed by atoms with Crippen molar-refractivity contribution in [2.24, 2.45) is 0 Å². The van der Waals surface area contributed by atoms with Gasteiger partial charge in [0, 0.05) is 35.6 Å². The highest BCUT2D eigenvalue weighted by molar-refractivity contribution is 6.06. The number of carbonyl (C=O) groups excluding carboxylic acids is 1. The number of fused-ring (bicyclic) bond motifs is 1. The molecule has 3 aromatic heterocycles. The van der Waals surface area contributed by atoms with E-state index in [0.717, 1.165) is 71.4 Å². The molecule has 1 N–H and O–H groups in total. The average molecular weight is 444 g/mol. The molecular formula is C26H29N5O2. The van der Waals surface area contributed by atoms with E-state index in [1.54, 1.807) is 6.26 Å². The van der Waals surface area contributed by atoms with Crippen molar-refractivity contribution in [3.05, 3.63) is 76.8 Å². The number of hydrogen-bond donors (Lipinski definition) is 1. The number of rotatable bonds is 5. The lowest BCUT2D eigenvalue weighted by Gasteiger charge is -2.12. The van der Waals surface area contributed by atoms with E-state index in [2.05, 4.69) is 30.7 Å². The number of benzene rings is 1. The normalized spacial score (nSPS) is 13.5. The zero-order valence-electron chi connectivity index (χ0n) is 19.4. The fraction of sp³-hybridized carbons (Fsp3) is 0.346. The van der Waals surface area contributed by atoms with Gasteiger partial charge in [-0.3, -0.25) is 4.79 Å². The number of hydrogen-bond acceptors (Lipinski definition) is 4. The van der Waals surface area contributed by atoms with Crippen LogP contribution in [0.15, 0.2) is 47.1 Å². The van der Waals surface area contributed by atoms with Crippen LogP contribution in [-0.2, 0) is 19.5 Å².